The molecule has 10 nitrogen and oxygen atoms in total. The summed E-state index contributed by atoms with van der Waals surface area (Å²) < 4.78 is 27.4. The van der Waals surface area contributed by atoms with Gasteiger partial charge in [0.2, 0.25) is 21.9 Å². The average Bonchev–Trinajstić information content (AvgIpc) is 2.98. The molecule has 0 fully saturated rings. The summed E-state index contributed by atoms with van der Waals surface area (Å²) in [4.78, 5) is 25.4. The third kappa shape index (κ3) is 5.86. The van der Waals surface area contributed by atoms with Gasteiger partial charge in [0.15, 0.2) is 5.82 Å². The van der Waals surface area contributed by atoms with Gasteiger partial charge >= 0.3 is 0 Å². The van der Waals surface area contributed by atoms with E-state index in [1.165, 1.54) is 20.3 Å². The molecular formula is C28H36ClN7O3S. The number of nitrogens with zero attached hydrogens (tertiary/aromatic N) is 5. The maximum absolute atomic E-state index is 13.1. The van der Waals surface area contributed by atoms with Crippen LogP contribution >= 0.6 is 11.6 Å². The van der Waals surface area contributed by atoms with E-state index in [1.54, 1.807) is 12.1 Å². The van der Waals surface area contributed by atoms with Crippen molar-refractivity contribution in [1.82, 2.24) is 14.3 Å². The molecule has 3 aromatic rings. The number of sulfonamides is 1. The molecule has 0 saturated heterocycles. The zero-order chi connectivity index (χ0) is 29.4. The molecule has 0 saturated carbocycles. The largest absolute Gasteiger partial charge is 0.378 e. The molecule has 0 bridgehead atoms. The molecular weight excluding hydrogens is 550 g/mol. The first-order valence-corrected chi connectivity index (χ1v) is 14.8. The summed E-state index contributed by atoms with van der Waals surface area (Å²) in [5.74, 6) is 0.605. The Morgan fingerprint density at radius 3 is 2.45 bits per heavy atom. The molecule has 2 aromatic carbocycles. The molecule has 0 spiro atoms. The van der Waals surface area contributed by atoms with E-state index in [2.05, 4.69) is 34.4 Å². The zero-order valence-corrected chi connectivity index (χ0v) is 25.5. The number of fused-ring (bicyclic) bond motifs is 1. The number of anilines is 6. The van der Waals surface area contributed by atoms with Gasteiger partial charge in [-0.3, -0.25) is 4.79 Å². The highest BCUT2D eigenvalue weighted by Crippen LogP contribution is 2.41. The highest BCUT2D eigenvalue weighted by Gasteiger charge is 2.32. The fourth-order valence-corrected chi connectivity index (χ4v) is 5.85. The predicted molar refractivity (Wildman–Crippen MR) is 162 cm³/mol. The normalized spacial score (nSPS) is 15.0. The smallest absolute Gasteiger partial charge is 0.244 e. The van der Waals surface area contributed by atoms with Crippen molar-refractivity contribution in [3.05, 3.63) is 53.2 Å². The van der Waals surface area contributed by atoms with Crippen molar-refractivity contribution in [1.29, 1.82) is 0 Å². The van der Waals surface area contributed by atoms with E-state index in [-0.39, 0.29) is 33.0 Å². The fourth-order valence-electron chi connectivity index (χ4n) is 4.65. The second kappa shape index (κ2) is 11.2. The minimum absolute atomic E-state index is 0.0885. The Morgan fingerprint density at radius 2 is 1.80 bits per heavy atom. The lowest BCUT2D eigenvalue weighted by Gasteiger charge is -2.27. The van der Waals surface area contributed by atoms with Crippen LogP contribution in [0.5, 0.6) is 0 Å². The quantitative estimate of drug-likeness (QED) is 0.364. The third-order valence-corrected chi connectivity index (χ3v) is 9.22. The first kappa shape index (κ1) is 29.6. The molecule has 40 heavy (non-hydrogen) atoms. The maximum Gasteiger partial charge on any atom is 0.244 e. The van der Waals surface area contributed by atoms with E-state index >= 15 is 0 Å². The predicted octanol–water partition coefficient (Wildman–Crippen LogP) is 5.36. The number of hydrogen-bond donors (Lipinski definition) is 2. The lowest BCUT2D eigenvalue weighted by molar-refractivity contribution is -0.118. The highest BCUT2D eigenvalue weighted by atomic mass is 35.5. The Hall–Kier alpha value is -3.41. The van der Waals surface area contributed by atoms with E-state index < -0.39 is 10.0 Å². The van der Waals surface area contributed by atoms with Crippen molar-refractivity contribution < 1.29 is 13.2 Å². The van der Waals surface area contributed by atoms with Crippen molar-refractivity contribution in [2.75, 3.05) is 55.2 Å². The molecule has 4 rings (SSSR count). The van der Waals surface area contributed by atoms with Crippen LogP contribution < -0.4 is 20.4 Å². The van der Waals surface area contributed by atoms with E-state index in [4.69, 9.17) is 11.6 Å². The number of nitrogens with one attached hydrogen (secondary N) is 2. The van der Waals surface area contributed by atoms with Crippen LogP contribution in [0.3, 0.4) is 0 Å². The van der Waals surface area contributed by atoms with Gasteiger partial charge in [0.25, 0.3) is 0 Å². The summed E-state index contributed by atoms with van der Waals surface area (Å²) in [5, 5.41) is 6.52. The molecule has 214 valence electrons. The van der Waals surface area contributed by atoms with Crippen molar-refractivity contribution >= 4 is 62.0 Å². The molecule has 0 radical (unpaired) electrons. The summed E-state index contributed by atoms with van der Waals surface area (Å²) in [6.45, 7) is 6.85. The number of amides is 1. The Morgan fingerprint density at radius 1 is 1.07 bits per heavy atom. The van der Waals surface area contributed by atoms with Crippen LogP contribution in [0.1, 0.15) is 39.2 Å². The van der Waals surface area contributed by atoms with Crippen LogP contribution in [0.25, 0.3) is 0 Å². The van der Waals surface area contributed by atoms with Gasteiger partial charge in [-0.05, 0) is 54.7 Å². The Bertz CT molecular complexity index is 1540. The van der Waals surface area contributed by atoms with Gasteiger partial charge in [-0.15, -0.1) is 0 Å². The monoisotopic (exact) mass is 585 g/mol. The van der Waals surface area contributed by atoms with E-state index in [0.717, 1.165) is 27.7 Å². The molecule has 1 amide bonds. The average molecular weight is 586 g/mol. The molecule has 0 aliphatic carbocycles. The van der Waals surface area contributed by atoms with Gasteiger partial charge in [-0.2, -0.15) is 4.98 Å². The molecule has 1 aromatic heterocycles. The van der Waals surface area contributed by atoms with Crippen LogP contribution in [0.4, 0.5) is 34.5 Å². The lowest BCUT2D eigenvalue weighted by Crippen LogP contribution is -2.29. The highest BCUT2D eigenvalue weighted by molar-refractivity contribution is 7.89. The van der Waals surface area contributed by atoms with Crippen molar-refractivity contribution in [2.45, 2.75) is 43.9 Å². The summed E-state index contributed by atoms with van der Waals surface area (Å²) in [6, 6.07) is 11.0. The minimum atomic E-state index is -3.78. The summed E-state index contributed by atoms with van der Waals surface area (Å²) in [6.07, 6.45) is 2.72. The fraction of sp³-hybridized carbons (Fsp3) is 0.393. The zero-order valence-electron chi connectivity index (χ0n) is 23.9. The number of benzene rings is 2. The van der Waals surface area contributed by atoms with E-state index in [1.807, 2.05) is 55.1 Å². The van der Waals surface area contributed by atoms with Crippen LogP contribution in [-0.2, 0) is 20.2 Å². The van der Waals surface area contributed by atoms with Gasteiger partial charge in [0.1, 0.15) is 9.92 Å². The van der Waals surface area contributed by atoms with Gasteiger partial charge in [-0.25, -0.2) is 17.7 Å². The lowest BCUT2D eigenvalue weighted by atomic mass is 9.80. The molecule has 2 N–H and O–H groups in total. The molecule has 1 aliphatic rings. The Labute approximate surface area is 241 Å². The SMILES string of the molecule is CCN1C(=O)CCC(C)(C)c2ccc(Nc3ncc(Cl)c(Nc4ccc(N(C)C)cc4S(=O)(=O)N(C)C)n3)cc21. The van der Waals surface area contributed by atoms with Gasteiger partial charge < -0.3 is 20.4 Å². The van der Waals surface area contributed by atoms with E-state index in [9.17, 15) is 13.2 Å². The first-order chi connectivity index (χ1) is 18.7. The molecule has 1 aliphatic heterocycles. The van der Waals surface area contributed by atoms with Gasteiger partial charge in [-0.1, -0.05) is 31.5 Å². The first-order valence-electron chi connectivity index (χ1n) is 13.0. The standard InChI is InChI=1S/C28H36ClN7O3S/c1-8-36-23-15-18(9-11-20(23)28(2,3)14-13-25(36)37)31-27-30-17-21(29)26(33-27)32-22-12-10-19(34(4)5)16-24(22)40(38,39)35(6)7/h9-12,15-17H,8,13-14H2,1-7H3,(H2,30,31,32,33). The van der Waals surface area contributed by atoms with Crippen molar-refractivity contribution in [3.63, 3.8) is 0 Å². The number of halogens is 1. The molecule has 0 atom stereocenters. The summed E-state index contributed by atoms with van der Waals surface area (Å²) >= 11 is 6.43. The minimum Gasteiger partial charge on any atom is -0.378 e. The van der Waals surface area contributed by atoms with E-state index in [0.29, 0.717) is 24.3 Å². The Balaban J connectivity index is 1.70. The topological polar surface area (TPSA) is 111 Å². The van der Waals surface area contributed by atoms with Crippen LogP contribution in [-0.4, -0.2) is 63.3 Å². The third-order valence-electron chi connectivity index (χ3n) is 7.09. The molecule has 0 unspecified atom stereocenters. The van der Waals surface area contributed by atoms with Crippen molar-refractivity contribution in [2.24, 2.45) is 0 Å². The molecule has 12 heteroatoms. The second-order valence-electron chi connectivity index (χ2n) is 10.8. The number of carbonyl (C=O) groups is 1. The number of hydrogen-bond acceptors (Lipinski definition) is 8. The molecule has 2 heterocycles. The number of carbonyl (C=O) groups excluding carboxylic acids is 1. The van der Waals surface area contributed by atoms with Gasteiger partial charge in [0.05, 0.1) is 11.9 Å². The maximum atomic E-state index is 13.1. The van der Waals surface area contributed by atoms with Crippen LogP contribution in [0, 0.1) is 0 Å². The second-order valence-corrected chi connectivity index (χ2v) is 13.3. The number of rotatable bonds is 8. The Kier molecular flexibility index (Phi) is 8.30. The van der Waals surface area contributed by atoms with Crippen LogP contribution in [0.15, 0.2) is 47.5 Å². The summed E-state index contributed by atoms with van der Waals surface area (Å²) in [7, 11) is 2.87. The van der Waals surface area contributed by atoms with Gasteiger partial charge in [0, 0.05) is 58.2 Å². The summed E-state index contributed by atoms with van der Waals surface area (Å²) in [5.41, 5.74) is 3.60. The number of aromatic nitrogens is 2. The van der Waals surface area contributed by atoms with Crippen LogP contribution in [0.2, 0.25) is 5.02 Å². The van der Waals surface area contributed by atoms with Crippen molar-refractivity contribution in [3.8, 4) is 0 Å².